The van der Waals surface area contributed by atoms with E-state index >= 15 is 0 Å². The van der Waals surface area contributed by atoms with Crippen LogP contribution in [0.2, 0.25) is 0 Å². The molecule has 16 nitrogen and oxygen atoms in total. The van der Waals surface area contributed by atoms with E-state index in [1.807, 2.05) is 4.98 Å². The van der Waals surface area contributed by atoms with Crippen LogP contribution >= 0.6 is 15.6 Å². The van der Waals surface area contributed by atoms with Crippen LogP contribution in [0.25, 0.3) is 0 Å². The SMILES string of the molecule is NCCOCCOP(=O)(O)OP(=O)(O)OCC1OC(n2ccc(=O)[nH]c2=O)C(O)C1O. The monoisotopic (exact) mass is 491 g/mol. The molecule has 1 aliphatic heterocycles. The molecule has 1 aliphatic rings. The molecule has 31 heavy (non-hydrogen) atoms. The summed E-state index contributed by atoms with van der Waals surface area (Å²) in [6, 6.07) is 0.976. The van der Waals surface area contributed by atoms with Crippen molar-refractivity contribution in [3.05, 3.63) is 33.1 Å². The van der Waals surface area contributed by atoms with Crippen molar-refractivity contribution in [1.82, 2.24) is 9.55 Å². The molecule has 0 saturated carbocycles. The van der Waals surface area contributed by atoms with Gasteiger partial charge in [0.05, 0.1) is 26.4 Å². The van der Waals surface area contributed by atoms with E-state index in [1.165, 1.54) is 0 Å². The molecule has 6 unspecified atom stereocenters. The predicted octanol–water partition coefficient (Wildman–Crippen LogP) is -2.62. The molecule has 0 aliphatic carbocycles. The lowest BCUT2D eigenvalue weighted by molar-refractivity contribution is -0.0543. The summed E-state index contributed by atoms with van der Waals surface area (Å²) < 4.78 is 47.6. The van der Waals surface area contributed by atoms with E-state index in [4.69, 9.17) is 15.2 Å². The summed E-state index contributed by atoms with van der Waals surface area (Å²) in [5.74, 6) is 0. The third-order valence-electron chi connectivity index (χ3n) is 3.82. The molecule has 0 bridgehead atoms. The molecule has 18 heteroatoms. The van der Waals surface area contributed by atoms with Gasteiger partial charge in [-0.2, -0.15) is 4.31 Å². The van der Waals surface area contributed by atoms with E-state index in [0.29, 0.717) is 0 Å². The third-order valence-corrected chi connectivity index (χ3v) is 6.45. The van der Waals surface area contributed by atoms with Crippen LogP contribution in [0, 0.1) is 0 Å². The number of aliphatic hydroxyl groups is 2. The minimum atomic E-state index is -5.17. The third kappa shape index (κ3) is 7.68. The molecule has 0 amide bonds. The number of ether oxygens (including phenoxy) is 2. The number of H-pyrrole nitrogens is 1. The fourth-order valence-corrected chi connectivity index (χ4v) is 4.53. The molecule has 0 radical (unpaired) electrons. The Balaban J connectivity index is 1.92. The fourth-order valence-electron chi connectivity index (χ4n) is 2.47. The largest absolute Gasteiger partial charge is 0.481 e. The minimum absolute atomic E-state index is 0.132. The maximum atomic E-state index is 11.9. The number of aromatic amines is 1. The van der Waals surface area contributed by atoms with Crippen LogP contribution in [0.3, 0.4) is 0 Å². The molecule has 6 atom stereocenters. The Labute approximate surface area is 174 Å². The van der Waals surface area contributed by atoms with Gasteiger partial charge in [0, 0.05) is 18.8 Å². The lowest BCUT2D eigenvalue weighted by atomic mass is 10.1. The van der Waals surface area contributed by atoms with Crippen molar-refractivity contribution >= 4 is 15.6 Å². The van der Waals surface area contributed by atoms with Crippen LogP contribution < -0.4 is 17.0 Å². The molecule has 0 spiro atoms. The summed E-state index contributed by atoms with van der Waals surface area (Å²) >= 11 is 0. The van der Waals surface area contributed by atoms with Crippen molar-refractivity contribution < 1.29 is 52.0 Å². The van der Waals surface area contributed by atoms with Gasteiger partial charge < -0.3 is 35.2 Å². The zero-order valence-electron chi connectivity index (χ0n) is 15.9. The topological polar surface area (TPSA) is 242 Å². The minimum Gasteiger partial charge on any atom is -0.387 e. The molecular weight excluding hydrogens is 468 g/mol. The number of hydrogen-bond acceptors (Lipinski definition) is 12. The first kappa shape index (κ1) is 26.0. The van der Waals surface area contributed by atoms with Crippen molar-refractivity contribution in [2.45, 2.75) is 24.5 Å². The van der Waals surface area contributed by atoms with Gasteiger partial charge in [-0.05, 0) is 0 Å². The van der Waals surface area contributed by atoms with E-state index in [0.717, 1.165) is 16.8 Å². The number of nitrogens with two attached hydrogens (primary N) is 1. The van der Waals surface area contributed by atoms with E-state index in [2.05, 4.69) is 13.4 Å². The van der Waals surface area contributed by atoms with Crippen molar-refractivity contribution in [3.63, 3.8) is 0 Å². The Kier molecular flexibility index (Phi) is 9.27. The number of rotatable bonds is 12. The van der Waals surface area contributed by atoms with Crippen LogP contribution in [-0.4, -0.2) is 80.8 Å². The van der Waals surface area contributed by atoms with Crippen LogP contribution in [0.15, 0.2) is 21.9 Å². The predicted molar refractivity (Wildman–Crippen MR) is 99.8 cm³/mol. The summed E-state index contributed by atoms with van der Waals surface area (Å²) in [5, 5.41) is 20.1. The van der Waals surface area contributed by atoms with Gasteiger partial charge in [0.25, 0.3) is 5.56 Å². The fraction of sp³-hybridized carbons (Fsp3) is 0.692. The Morgan fingerprint density at radius 2 is 1.77 bits per heavy atom. The second-order valence-corrected chi connectivity index (χ2v) is 9.16. The molecule has 2 heterocycles. The number of aromatic nitrogens is 2. The zero-order valence-corrected chi connectivity index (χ0v) is 17.7. The van der Waals surface area contributed by atoms with Gasteiger partial charge >= 0.3 is 21.3 Å². The second kappa shape index (κ2) is 11.0. The molecule has 1 fully saturated rings. The van der Waals surface area contributed by atoms with Crippen LogP contribution in [-0.2, 0) is 32.0 Å². The van der Waals surface area contributed by atoms with Gasteiger partial charge in [-0.3, -0.25) is 23.4 Å². The van der Waals surface area contributed by atoms with E-state index in [9.17, 15) is 38.7 Å². The van der Waals surface area contributed by atoms with E-state index in [-0.39, 0.29) is 19.8 Å². The Hall–Kier alpha value is -1.26. The van der Waals surface area contributed by atoms with Crippen molar-refractivity contribution in [3.8, 4) is 0 Å². The molecule has 2 rings (SSSR count). The van der Waals surface area contributed by atoms with E-state index in [1.54, 1.807) is 0 Å². The van der Waals surface area contributed by atoms with Gasteiger partial charge in [-0.15, -0.1) is 0 Å². The van der Waals surface area contributed by atoms with Gasteiger partial charge in [-0.1, -0.05) is 0 Å². The summed E-state index contributed by atoms with van der Waals surface area (Å²) in [5.41, 5.74) is 3.55. The van der Waals surface area contributed by atoms with Gasteiger partial charge in [0.1, 0.15) is 18.3 Å². The van der Waals surface area contributed by atoms with Crippen molar-refractivity contribution in [2.24, 2.45) is 5.73 Å². The molecule has 1 aromatic rings. The van der Waals surface area contributed by atoms with Gasteiger partial charge in [0.15, 0.2) is 6.23 Å². The summed E-state index contributed by atoms with van der Waals surface area (Å²) in [6.07, 6.45) is -5.22. The smallest absolute Gasteiger partial charge is 0.387 e. The molecule has 178 valence electrons. The number of nitrogens with zero attached hydrogens (tertiary/aromatic N) is 1. The van der Waals surface area contributed by atoms with Gasteiger partial charge in [-0.25, -0.2) is 13.9 Å². The first-order valence-corrected chi connectivity index (χ1v) is 11.7. The highest BCUT2D eigenvalue weighted by atomic mass is 31.3. The van der Waals surface area contributed by atoms with Crippen molar-refractivity contribution in [1.29, 1.82) is 0 Å². The second-order valence-electron chi connectivity index (χ2n) is 6.11. The number of phosphoric acid groups is 2. The number of phosphoric ester groups is 2. The molecule has 0 aromatic carbocycles. The first-order valence-electron chi connectivity index (χ1n) is 8.72. The summed E-state index contributed by atoms with van der Waals surface area (Å²) in [7, 11) is -10.2. The summed E-state index contributed by atoms with van der Waals surface area (Å²) in [4.78, 5) is 44.0. The quantitative estimate of drug-likeness (QED) is 0.130. The highest BCUT2D eigenvalue weighted by Crippen LogP contribution is 2.60. The van der Waals surface area contributed by atoms with Crippen LogP contribution in [0.5, 0.6) is 0 Å². The first-order chi connectivity index (χ1) is 14.5. The zero-order chi connectivity index (χ0) is 23.2. The lowest BCUT2D eigenvalue weighted by Crippen LogP contribution is -2.37. The molecule has 1 saturated heterocycles. The standard InChI is InChI=1S/C13H23N3O13P2/c14-2-4-25-5-6-26-30(21,22)29-31(23,24)27-7-8-10(18)11(19)12(28-8)16-3-1-9(17)15-13(16)20/h1,3,8,10-12,18-19H,2,4-7,14H2,(H,21,22)(H,23,24)(H,15,17,20). The highest BCUT2D eigenvalue weighted by Gasteiger charge is 2.46. The molecular formula is C13H23N3O13P2. The maximum Gasteiger partial charge on any atom is 0.481 e. The Bertz CT molecular complexity index is 936. The van der Waals surface area contributed by atoms with Crippen LogP contribution in [0.1, 0.15) is 6.23 Å². The number of aliphatic hydroxyl groups excluding tert-OH is 2. The van der Waals surface area contributed by atoms with Crippen molar-refractivity contribution in [2.75, 3.05) is 33.0 Å². The van der Waals surface area contributed by atoms with Crippen LogP contribution in [0.4, 0.5) is 0 Å². The normalized spacial score (nSPS) is 27.6. The average molecular weight is 491 g/mol. The van der Waals surface area contributed by atoms with E-state index < -0.39 is 64.6 Å². The molecule has 7 N–H and O–H groups in total. The average Bonchev–Trinajstić information content (AvgIpc) is 2.94. The molecule has 1 aromatic heterocycles. The lowest BCUT2D eigenvalue weighted by Gasteiger charge is -2.19. The number of nitrogens with one attached hydrogen (secondary N) is 1. The highest BCUT2D eigenvalue weighted by molar-refractivity contribution is 7.61. The Morgan fingerprint density at radius 1 is 1.10 bits per heavy atom. The van der Waals surface area contributed by atoms with Gasteiger partial charge in [0.2, 0.25) is 0 Å². The Morgan fingerprint density at radius 3 is 2.42 bits per heavy atom. The summed E-state index contributed by atoms with van der Waals surface area (Å²) in [6.45, 7) is -1.06. The number of hydrogen-bond donors (Lipinski definition) is 6. The maximum absolute atomic E-state index is 11.9.